The second-order valence-electron chi connectivity index (χ2n) is 7.61. The molecule has 1 N–H and O–H groups in total. The second kappa shape index (κ2) is 10.6. The van der Waals surface area contributed by atoms with Crippen LogP contribution in [0.5, 0.6) is 0 Å². The molecule has 1 aliphatic rings. The number of para-hydroxylation sites is 1. The Morgan fingerprint density at radius 2 is 1.62 bits per heavy atom. The molecule has 1 amide bonds. The van der Waals surface area contributed by atoms with Crippen LogP contribution in [0.25, 0.3) is 0 Å². The third kappa shape index (κ3) is 5.38. The predicted octanol–water partition coefficient (Wildman–Crippen LogP) is 3.97. The Hall–Kier alpha value is -4.24. The first-order chi connectivity index (χ1) is 16.5. The van der Waals surface area contributed by atoms with Crippen molar-refractivity contribution in [2.45, 2.75) is 6.10 Å². The minimum atomic E-state index is -1.31. The Kier molecular flexibility index (Phi) is 7.14. The van der Waals surface area contributed by atoms with Crippen LogP contribution >= 0.6 is 0 Å². The molecule has 1 heterocycles. The molecule has 3 aromatic rings. The summed E-state index contributed by atoms with van der Waals surface area (Å²) in [5.41, 5.74) is 1.01. The maximum Gasteiger partial charge on any atom is 0.346 e. The van der Waals surface area contributed by atoms with Gasteiger partial charge in [0.15, 0.2) is 0 Å². The number of hydrogen-bond acceptors (Lipinski definition) is 7. The Labute approximate surface area is 196 Å². The lowest BCUT2D eigenvalue weighted by molar-refractivity contribution is -0.385. The number of anilines is 2. The monoisotopic (exact) mass is 461 g/mol. The van der Waals surface area contributed by atoms with E-state index in [2.05, 4.69) is 5.32 Å². The fourth-order valence-electron chi connectivity index (χ4n) is 3.67. The van der Waals surface area contributed by atoms with E-state index in [1.807, 2.05) is 11.0 Å². The maximum atomic E-state index is 13.2. The number of ether oxygens (including phenoxy) is 2. The summed E-state index contributed by atoms with van der Waals surface area (Å²) in [5.74, 6) is -1.53. The molecule has 1 unspecified atom stereocenters. The van der Waals surface area contributed by atoms with Gasteiger partial charge in [0.05, 0.1) is 18.1 Å². The number of nitrogens with one attached hydrogen (secondary N) is 1. The average molecular weight is 461 g/mol. The van der Waals surface area contributed by atoms with E-state index in [0.717, 1.165) is 0 Å². The highest BCUT2D eigenvalue weighted by Crippen LogP contribution is 2.29. The van der Waals surface area contributed by atoms with Gasteiger partial charge in [-0.2, -0.15) is 0 Å². The largest absolute Gasteiger partial charge is 0.443 e. The summed E-state index contributed by atoms with van der Waals surface area (Å²) in [6, 6.07) is 21.6. The molecule has 0 saturated carbocycles. The number of nitro benzene ring substituents is 1. The van der Waals surface area contributed by atoms with Gasteiger partial charge in [-0.3, -0.25) is 14.9 Å². The molecule has 1 atom stereocenters. The van der Waals surface area contributed by atoms with Crippen molar-refractivity contribution < 1.29 is 24.0 Å². The fraction of sp³-hybridized carbons (Fsp3) is 0.200. The van der Waals surface area contributed by atoms with Crippen LogP contribution in [0, 0.1) is 10.1 Å². The first-order valence-electron chi connectivity index (χ1n) is 10.8. The molecule has 0 aromatic heterocycles. The van der Waals surface area contributed by atoms with Gasteiger partial charge in [0.2, 0.25) is 6.10 Å². The summed E-state index contributed by atoms with van der Waals surface area (Å²) in [6.07, 6.45) is -1.31. The van der Waals surface area contributed by atoms with Crippen molar-refractivity contribution in [3.63, 3.8) is 0 Å². The zero-order valence-corrected chi connectivity index (χ0v) is 18.3. The van der Waals surface area contributed by atoms with E-state index in [1.54, 1.807) is 60.7 Å². The number of nitrogens with zero attached hydrogens (tertiary/aromatic N) is 2. The summed E-state index contributed by atoms with van der Waals surface area (Å²) >= 11 is 0. The molecule has 174 valence electrons. The van der Waals surface area contributed by atoms with E-state index >= 15 is 0 Å². The zero-order chi connectivity index (χ0) is 23.9. The highest BCUT2D eigenvalue weighted by molar-refractivity contribution is 6.00. The molecule has 3 aromatic carbocycles. The molecule has 0 spiro atoms. The Morgan fingerprint density at radius 3 is 2.26 bits per heavy atom. The molecule has 1 fully saturated rings. The Morgan fingerprint density at radius 1 is 0.971 bits per heavy atom. The van der Waals surface area contributed by atoms with Crippen LogP contribution in [0.15, 0.2) is 78.9 Å². The van der Waals surface area contributed by atoms with E-state index in [-0.39, 0.29) is 5.56 Å². The third-order valence-corrected chi connectivity index (χ3v) is 5.38. The highest BCUT2D eigenvalue weighted by Gasteiger charge is 2.30. The predicted molar refractivity (Wildman–Crippen MR) is 126 cm³/mol. The average Bonchev–Trinajstić information content (AvgIpc) is 2.88. The molecular formula is C25H23N3O6. The molecular weight excluding hydrogens is 438 g/mol. The first-order valence-corrected chi connectivity index (χ1v) is 10.8. The summed E-state index contributed by atoms with van der Waals surface area (Å²) in [4.78, 5) is 39.2. The smallest absolute Gasteiger partial charge is 0.346 e. The lowest BCUT2D eigenvalue weighted by Crippen LogP contribution is -2.36. The van der Waals surface area contributed by atoms with E-state index < -0.39 is 28.6 Å². The van der Waals surface area contributed by atoms with Crippen LogP contribution in [-0.4, -0.2) is 43.1 Å². The molecule has 9 nitrogen and oxygen atoms in total. The second-order valence-corrected chi connectivity index (χ2v) is 7.61. The van der Waals surface area contributed by atoms with E-state index in [4.69, 9.17) is 9.47 Å². The Bertz CT molecular complexity index is 1160. The molecule has 1 saturated heterocycles. The summed E-state index contributed by atoms with van der Waals surface area (Å²) in [7, 11) is 0. The quantitative estimate of drug-likeness (QED) is 0.322. The van der Waals surface area contributed by atoms with Crippen LogP contribution in [0.3, 0.4) is 0 Å². The van der Waals surface area contributed by atoms with Crippen molar-refractivity contribution in [3.8, 4) is 0 Å². The summed E-state index contributed by atoms with van der Waals surface area (Å²) in [5, 5.41) is 14.4. The maximum absolute atomic E-state index is 13.2. The molecule has 1 aliphatic heterocycles. The first kappa shape index (κ1) is 22.9. The summed E-state index contributed by atoms with van der Waals surface area (Å²) in [6.45, 7) is 2.23. The number of esters is 1. The van der Waals surface area contributed by atoms with Gasteiger partial charge in [-0.15, -0.1) is 0 Å². The molecule has 0 aliphatic carbocycles. The van der Waals surface area contributed by atoms with Gasteiger partial charge < -0.3 is 19.7 Å². The zero-order valence-electron chi connectivity index (χ0n) is 18.3. The third-order valence-electron chi connectivity index (χ3n) is 5.38. The summed E-state index contributed by atoms with van der Waals surface area (Å²) < 4.78 is 10.9. The van der Waals surface area contributed by atoms with Gasteiger partial charge in [0.25, 0.3) is 11.6 Å². The number of benzene rings is 3. The van der Waals surface area contributed by atoms with Crippen LogP contribution < -0.4 is 10.2 Å². The van der Waals surface area contributed by atoms with Gasteiger partial charge >= 0.3 is 5.97 Å². The van der Waals surface area contributed by atoms with Crippen molar-refractivity contribution in [2.24, 2.45) is 0 Å². The minimum absolute atomic E-state index is 0.220. The molecule has 34 heavy (non-hydrogen) atoms. The van der Waals surface area contributed by atoms with Crippen molar-refractivity contribution >= 4 is 28.9 Å². The molecule has 4 rings (SSSR count). The molecule has 0 bridgehead atoms. The number of rotatable bonds is 7. The van der Waals surface area contributed by atoms with Crippen molar-refractivity contribution in [1.29, 1.82) is 0 Å². The van der Waals surface area contributed by atoms with E-state index in [9.17, 15) is 19.7 Å². The number of hydrogen-bond donors (Lipinski definition) is 1. The van der Waals surface area contributed by atoms with E-state index in [0.29, 0.717) is 43.2 Å². The van der Waals surface area contributed by atoms with Gasteiger partial charge in [-0.05, 0) is 24.3 Å². The number of carbonyl (C=O) groups is 2. The number of carbonyl (C=O) groups excluding carboxylic acids is 2. The van der Waals surface area contributed by atoms with Crippen molar-refractivity contribution in [2.75, 3.05) is 36.5 Å². The number of nitro groups is 1. The molecule has 0 radical (unpaired) electrons. The highest BCUT2D eigenvalue weighted by atomic mass is 16.6. The number of morpholine rings is 1. The van der Waals surface area contributed by atoms with Crippen molar-refractivity contribution in [1.82, 2.24) is 0 Å². The normalized spacial score (nSPS) is 14.2. The molecule has 9 heteroatoms. The van der Waals surface area contributed by atoms with E-state index in [1.165, 1.54) is 12.1 Å². The van der Waals surface area contributed by atoms with Gasteiger partial charge in [0, 0.05) is 36.1 Å². The fourth-order valence-corrected chi connectivity index (χ4v) is 3.67. The minimum Gasteiger partial charge on any atom is -0.443 e. The van der Waals surface area contributed by atoms with Gasteiger partial charge in [0.1, 0.15) is 5.56 Å². The standard InChI is InChI=1S/C25H23N3O6/c29-24(26-19-9-5-2-6-10-19)23(18-7-3-1-4-8-18)34-25(30)21-17-20(11-12-22(21)28(31)32)27-13-15-33-16-14-27/h1-12,17,23H,13-16H2,(H,26,29). The SMILES string of the molecule is O=C(OC(C(=O)Nc1ccccc1)c1ccccc1)c1cc(N2CCOCC2)ccc1[N+](=O)[O-]. The van der Waals surface area contributed by atoms with Crippen LogP contribution in [0.4, 0.5) is 17.1 Å². The topological polar surface area (TPSA) is 111 Å². The van der Waals surface area contributed by atoms with Crippen LogP contribution in [0.1, 0.15) is 22.0 Å². The lowest BCUT2D eigenvalue weighted by atomic mass is 10.1. The number of amides is 1. The van der Waals surface area contributed by atoms with Crippen LogP contribution in [-0.2, 0) is 14.3 Å². The van der Waals surface area contributed by atoms with Crippen LogP contribution in [0.2, 0.25) is 0 Å². The van der Waals surface area contributed by atoms with Crippen molar-refractivity contribution in [3.05, 3.63) is 100 Å². The van der Waals surface area contributed by atoms with Gasteiger partial charge in [-0.25, -0.2) is 4.79 Å². The van der Waals surface area contributed by atoms with Gasteiger partial charge in [-0.1, -0.05) is 48.5 Å². The lowest BCUT2D eigenvalue weighted by Gasteiger charge is -2.29. The Balaban J connectivity index is 1.64.